The molecule has 0 aliphatic rings. The second-order valence-corrected chi connectivity index (χ2v) is 5.69. The van der Waals surface area contributed by atoms with Crippen molar-refractivity contribution in [2.45, 2.75) is 51.7 Å². The van der Waals surface area contributed by atoms with Crippen LogP contribution in [0.4, 0.5) is 0 Å². The molecule has 0 fully saturated rings. The van der Waals surface area contributed by atoms with Gasteiger partial charge in [0.05, 0.1) is 21.7 Å². The molecule has 0 heterocycles. The van der Waals surface area contributed by atoms with Crippen LogP contribution in [0.25, 0.3) is 0 Å². The number of halogens is 2. The monoisotopic (exact) mass is 318 g/mol. The average molecular weight is 319 g/mol. The summed E-state index contributed by atoms with van der Waals surface area (Å²) in [5.41, 5.74) is 3.73. The van der Waals surface area contributed by atoms with Crippen LogP contribution in [0.3, 0.4) is 0 Å². The van der Waals surface area contributed by atoms with E-state index in [1.54, 1.807) is 0 Å². The van der Waals surface area contributed by atoms with E-state index in [1.165, 1.54) is 0 Å². The Bertz CT molecular complexity index is 422. The summed E-state index contributed by atoms with van der Waals surface area (Å²) in [6, 6.07) is 5.69. The summed E-state index contributed by atoms with van der Waals surface area (Å²) in [5, 5.41) is 1.13. The van der Waals surface area contributed by atoms with Crippen molar-refractivity contribution < 1.29 is 4.74 Å². The van der Waals surface area contributed by atoms with Gasteiger partial charge in [-0.05, 0) is 43.9 Å². The zero-order valence-corrected chi connectivity index (χ0v) is 13.9. The molecule has 0 aliphatic heterocycles. The molecule has 3 nitrogen and oxygen atoms in total. The Morgan fingerprint density at radius 3 is 2.30 bits per heavy atom. The highest BCUT2D eigenvalue weighted by Gasteiger charge is 2.35. The number of nitrogens with one attached hydrogen (secondary N) is 1. The standard InChI is InChI=1S/C15H24Cl2N2O/c1-4-15(5-2,20-6-3)14(19-18)10-11-7-8-12(16)13(17)9-11/h7-9,14,19H,4-6,10,18H2,1-3H3. The first-order valence-electron chi connectivity index (χ1n) is 7.07. The van der Waals surface area contributed by atoms with Crippen molar-refractivity contribution in [1.82, 2.24) is 5.43 Å². The maximum Gasteiger partial charge on any atom is 0.0846 e. The van der Waals surface area contributed by atoms with Crippen molar-refractivity contribution >= 4 is 23.2 Å². The van der Waals surface area contributed by atoms with Gasteiger partial charge in [-0.1, -0.05) is 43.1 Å². The number of hydrogen-bond acceptors (Lipinski definition) is 3. The smallest absolute Gasteiger partial charge is 0.0846 e. The first-order chi connectivity index (χ1) is 9.52. The van der Waals surface area contributed by atoms with E-state index in [0.717, 1.165) is 24.8 Å². The van der Waals surface area contributed by atoms with Crippen LogP contribution in [0.5, 0.6) is 0 Å². The third kappa shape index (κ3) is 4.09. The van der Waals surface area contributed by atoms with Crippen LogP contribution in [0.2, 0.25) is 10.0 Å². The predicted molar refractivity (Wildman–Crippen MR) is 86.2 cm³/mol. The van der Waals surface area contributed by atoms with E-state index in [4.69, 9.17) is 33.8 Å². The Morgan fingerprint density at radius 2 is 1.85 bits per heavy atom. The predicted octanol–water partition coefficient (Wildman–Crippen LogP) is 3.96. The minimum absolute atomic E-state index is 0.0229. The second kappa shape index (κ2) is 8.20. The molecule has 1 aromatic rings. The SMILES string of the molecule is CCOC(CC)(CC)C(Cc1ccc(Cl)c(Cl)c1)NN. The summed E-state index contributed by atoms with van der Waals surface area (Å²) < 4.78 is 6.01. The molecule has 0 bridgehead atoms. The average Bonchev–Trinajstić information content (AvgIpc) is 2.46. The third-order valence-electron chi connectivity index (χ3n) is 3.89. The first-order valence-corrected chi connectivity index (χ1v) is 7.82. The molecule has 114 valence electrons. The summed E-state index contributed by atoms with van der Waals surface area (Å²) in [6.07, 6.45) is 2.54. The Kier molecular flexibility index (Phi) is 7.27. The largest absolute Gasteiger partial charge is 0.374 e. The molecule has 1 aromatic carbocycles. The van der Waals surface area contributed by atoms with Crippen molar-refractivity contribution in [3.05, 3.63) is 33.8 Å². The van der Waals surface area contributed by atoms with Crippen molar-refractivity contribution in [2.24, 2.45) is 5.84 Å². The lowest BCUT2D eigenvalue weighted by atomic mass is 9.84. The van der Waals surface area contributed by atoms with E-state index in [1.807, 2.05) is 25.1 Å². The molecule has 1 rings (SSSR count). The molecule has 0 radical (unpaired) electrons. The molecular weight excluding hydrogens is 295 g/mol. The molecule has 3 N–H and O–H groups in total. The highest BCUT2D eigenvalue weighted by atomic mass is 35.5. The molecule has 5 heteroatoms. The zero-order valence-electron chi connectivity index (χ0n) is 12.4. The van der Waals surface area contributed by atoms with Gasteiger partial charge in [0.25, 0.3) is 0 Å². The van der Waals surface area contributed by atoms with Crippen LogP contribution in [0.1, 0.15) is 39.2 Å². The quantitative estimate of drug-likeness (QED) is 0.563. The lowest BCUT2D eigenvalue weighted by molar-refractivity contribution is -0.0719. The molecule has 0 saturated carbocycles. The summed E-state index contributed by atoms with van der Waals surface area (Å²) in [7, 11) is 0. The minimum Gasteiger partial charge on any atom is -0.374 e. The summed E-state index contributed by atoms with van der Waals surface area (Å²) in [4.78, 5) is 0. The fraction of sp³-hybridized carbons (Fsp3) is 0.600. The molecular formula is C15H24Cl2N2O. The summed E-state index contributed by atoms with van der Waals surface area (Å²) in [6.45, 7) is 6.92. The number of hydrogen-bond donors (Lipinski definition) is 2. The van der Waals surface area contributed by atoms with E-state index < -0.39 is 0 Å². The second-order valence-electron chi connectivity index (χ2n) is 4.88. The number of hydrazine groups is 1. The Hall–Kier alpha value is -0.320. The van der Waals surface area contributed by atoms with Gasteiger partial charge in [-0.25, -0.2) is 0 Å². The fourth-order valence-corrected chi connectivity index (χ4v) is 2.95. The van der Waals surface area contributed by atoms with Crippen molar-refractivity contribution in [1.29, 1.82) is 0 Å². The zero-order chi connectivity index (χ0) is 15.2. The van der Waals surface area contributed by atoms with Gasteiger partial charge in [0.15, 0.2) is 0 Å². The van der Waals surface area contributed by atoms with Crippen molar-refractivity contribution in [3.63, 3.8) is 0 Å². The molecule has 0 amide bonds. The van der Waals surface area contributed by atoms with E-state index in [-0.39, 0.29) is 11.6 Å². The lowest BCUT2D eigenvalue weighted by Gasteiger charge is -2.39. The van der Waals surface area contributed by atoms with Crippen LogP contribution in [0.15, 0.2) is 18.2 Å². The van der Waals surface area contributed by atoms with Gasteiger partial charge in [-0.15, -0.1) is 0 Å². The van der Waals surface area contributed by atoms with Gasteiger partial charge in [-0.2, -0.15) is 0 Å². The van der Waals surface area contributed by atoms with Crippen LogP contribution in [-0.4, -0.2) is 18.2 Å². The normalized spacial score (nSPS) is 13.5. The van der Waals surface area contributed by atoms with Crippen molar-refractivity contribution in [2.75, 3.05) is 6.61 Å². The number of benzene rings is 1. The Labute approximate surface area is 131 Å². The van der Waals surface area contributed by atoms with Crippen LogP contribution in [-0.2, 0) is 11.2 Å². The van der Waals surface area contributed by atoms with Gasteiger partial charge in [-0.3, -0.25) is 11.3 Å². The lowest BCUT2D eigenvalue weighted by Crippen LogP contribution is -2.55. The minimum atomic E-state index is -0.268. The topological polar surface area (TPSA) is 47.3 Å². The molecule has 0 aliphatic carbocycles. The first kappa shape index (κ1) is 17.7. The van der Waals surface area contributed by atoms with E-state index in [2.05, 4.69) is 19.3 Å². The van der Waals surface area contributed by atoms with E-state index >= 15 is 0 Å². The molecule has 0 saturated heterocycles. The van der Waals surface area contributed by atoms with Gasteiger partial charge < -0.3 is 4.74 Å². The fourth-order valence-electron chi connectivity index (χ4n) is 2.63. The van der Waals surface area contributed by atoms with Gasteiger partial charge in [0, 0.05) is 6.61 Å². The molecule has 20 heavy (non-hydrogen) atoms. The number of ether oxygens (including phenoxy) is 1. The summed E-state index contributed by atoms with van der Waals surface area (Å²) >= 11 is 12.0. The molecule has 1 unspecified atom stereocenters. The van der Waals surface area contributed by atoms with E-state index in [0.29, 0.717) is 16.7 Å². The Morgan fingerprint density at radius 1 is 1.20 bits per heavy atom. The van der Waals surface area contributed by atoms with Gasteiger partial charge in [0.1, 0.15) is 0 Å². The van der Waals surface area contributed by atoms with E-state index in [9.17, 15) is 0 Å². The molecule has 0 aromatic heterocycles. The molecule has 1 atom stereocenters. The van der Waals surface area contributed by atoms with Gasteiger partial charge in [0.2, 0.25) is 0 Å². The number of rotatable bonds is 8. The van der Waals surface area contributed by atoms with Crippen molar-refractivity contribution in [3.8, 4) is 0 Å². The maximum absolute atomic E-state index is 6.07. The van der Waals surface area contributed by atoms with Crippen LogP contribution >= 0.6 is 23.2 Å². The third-order valence-corrected chi connectivity index (χ3v) is 4.63. The highest BCUT2D eigenvalue weighted by molar-refractivity contribution is 6.42. The Balaban J connectivity index is 2.96. The highest BCUT2D eigenvalue weighted by Crippen LogP contribution is 2.29. The summed E-state index contributed by atoms with van der Waals surface area (Å²) in [5.74, 6) is 5.77. The number of nitrogens with two attached hydrogens (primary N) is 1. The maximum atomic E-state index is 6.07. The van der Waals surface area contributed by atoms with Crippen LogP contribution in [0, 0.1) is 0 Å². The van der Waals surface area contributed by atoms with Gasteiger partial charge >= 0.3 is 0 Å². The van der Waals surface area contributed by atoms with Crippen LogP contribution < -0.4 is 11.3 Å². The molecule has 0 spiro atoms.